The van der Waals surface area contributed by atoms with E-state index in [9.17, 15) is 37.7 Å². The molecule has 0 radical (unpaired) electrons. The van der Waals surface area contributed by atoms with Gasteiger partial charge in [0.15, 0.2) is 29.0 Å². The highest BCUT2D eigenvalue weighted by atomic mass is 32.2. The van der Waals surface area contributed by atoms with Gasteiger partial charge in [0.25, 0.3) is 16.8 Å². The highest BCUT2D eigenvalue weighted by molar-refractivity contribution is 8.18. The Hall–Kier alpha value is -4.07. The smallest absolute Gasteiger partial charge is 0.294 e. The predicted octanol–water partition coefficient (Wildman–Crippen LogP) is 3.42. The van der Waals surface area contributed by atoms with Gasteiger partial charge in [0.2, 0.25) is 12.7 Å². The third-order valence-corrected chi connectivity index (χ3v) is 5.40. The average Bonchev–Trinajstić information content (AvgIpc) is 3.33. The first kappa shape index (κ1) is 22.1. The van der Waals surface area contributed by atoms with Crippen LogP contribution in [0.15, 0.2) is 29.2 Å². The molecular weight excluding hydrogens is 471 g/mol. The van der Waals surface area contributed by atoms with Crippen LogP contribution in [-0.4, -0.2) is 40.2 Å². The molecule has 10 nitrogen and oxygen atoms in total. The van der Waals surface area contributed by atoms with E-state index >= 15 is 0 Å². The van der Waals surface area contributed by atoms with E-state index in [4.69, 9.17) is 9.47 Å². The zero-order chi connectivity index (χ0) is 23.9. The molecule has 0 atom stereocenters. The van der Waals surface area contributed by atoms with Crippen LogP contribution < -0.4 is 14.8 Å². The first-order chi connectivity index (χ1) is 15.7. The van der Waals surface area contributed by atoms with Gasteiger partial charge in [-0.1, -0.05) is 0 Å². The molecule has 1 fully saturated rings. The molecule has 0 unspecified atom stereocenters. The van der Waals surface area contributed by atoms with Gasteiger partial charge in [-0.3, -0.25) is 29.4 Å². The second kappa shape index (κ2) is 8.46. The standard InChI is InChI=1S/C19H10F3N3O7S/c20-9-1-2-10(17(22)16(9)21)23-15(26)6-24-18(27)14(33-19(24)28)4-8-3-12-13(32-7-31-12)5-11(8)25(29)30/h1-5H,6-7H2,(H,23,26)/b14-4-. The van der Waals surface area contributed by atoms with Crippen molar-refractivity contribution in [2.75, 3.05) is 18.7 Å². The molecule has 2 aromatic rings. The molecule has 0 bridgehead atoms. The Labute approximate surface area is 186 Å². The minimum atomic E-state index is -1.80. The number of fused-ring (bicyclic) bond motifs is 1. The highest BCUT2D eigenvalue weighted by Crippen LogP contribution is 2.40. The number of carbonyl (C=O) groups excluding carboxylic acids is 3. The lowest BCUT2D eigenvalue weighted by Gasteiger charge is -2.13. The topological polar surface area (TPSA) is 128 Å². The van der Waals surface area contributed by atoms with E-state index in [1.165, 1.54) is 6.07 Å². The third-order valence-electron chi connectivity index (χ3n) is 4.49. The molecule has 2 heterocycles. The van der Waals surface area contributed by atoms with E-state index in [-0.39, 0.29) is 28.8 Å². The van der Waals surface area contributed by atoms with E-state index in [1.807, 2.05) is 5.32 Å². The number of nitro groups is 1. The van der Waals surface area contributed by atoms with Crippen molar-refractivity contribution >= 4 is 46.3 Å². The lowest BCUT2D eigenvalue weighted by molar-refractivity contribution is -0.385. The van der Waals surface area contributed by atoms with Crippen molar-refractivity contribution in [3.8, 4) is 11.5 Å². The summed E-state index contributed by atoms with van der Waals surface area (Å²) in [6.45, 7) is -0.996. The minimum absolute atomic E-state index is 0.0388. The molecule has 2 aliphatic rings. The van der Waals surface area contributed by atoms with Gasteiger partial charge in [0.1, 0.15) is 6.54 Å². The first-order valence-electron chi connectivity index (χ1n) is 8.92. The van der Waals surface area contributed by atoms with Gasteiger partial charge in [-0.2, -0.15) is 0 Å². The van der Waals surface area contributed by atoms with Gasteiger partial charge in [0, 0.05) is 0 Å². The van der Waals surface area contributed by atoms with Gasteiger partial charge >= 0.3 is 0 Å². The van der Waals surface area contributed by atoms with E-state index in [2.05, 4.69) is 0 Å². The number of hydrogen-bond acceptors (Lipinski definition) is 8. The monoisotopic (exact) mass is 481 g/mol. The molecule has 3 amide bonds. The van der Waals surface area contributed by atoms with Crippen molar-refractivity contribution < 1.29 is 42.0 Å². The van der Waals surface area contributed by atoms with E-state index < -0.39 is 57.3 Å². The van der Waals surface area contributed by atoms with Crippen molar-refractivity contribution in [2.24, 2.45) is 0 Å². The first-order valence-corrected chi connectivity index (χ1v) is 9.74. The zero-order valence-electron chi connectivity index (χ0n) is 16.1. The second-order valence-corrected chi connectivity index (χ2v) is 7.55. The molecule has 1 N–H and O–H groups in total. The van der Waals surface area contributed by atoms with E-state index in [0.717, 1.165) is 18.2 Å². The number of ether oxygens (including phenoxy) is 2. The number of nitro benzene ring substituents is 1. The Bertz CT molecular complexity index is 1270. The van der Waals surface area contributed by atoms with Crippen LogP contribution in [0.5, 0.6) is 11.5 Å². The molecule has 1 saturated heterocycles. The number of halogens is 3. The van der Waals surface area contributed by atoms with Crippen molar-refractivity contribution in [1.29, 1.82) is 0 Å². The Morgan fingerprint density at radius 1 is 1.18 bits per heavy atom. The SMILES string of the molecule is O=C(CN1C(=O)S/C(=C\c2cc3c(cc2[N+](=O)[O-])OCO3)C1=O)Nc1ccc(F)c(F)c1F. The van der Waals surface area contributed by atoms with Crippen molar-refractivity contribution in [1.82, 2.24) is 4.90 Å². The maximum Gasteiger partial charge on any atom is 0.294 e. The largest absolute Gasteiger partial charge is 0.454 e. The van der Waals surface area contributed by atoms with E-state index in [0.29, 0.717) is 22.7 Å². The maximum atomic E-state index is 13.7. The number of benzene rings is 2. The summed E-state index contributed by atoms with van der Waals surface area (Å²) in [7, 11) is 0. The normalized spacial score (nSPS) is 16.0. The second-order valence-electron chi connectivity index (χ2n) is 6.56. The summed E-state index contributed by atoms with van der Waals surface area (Å²) in [4.78, 5) is 48.0. The summed E-state index contributed by atoms with van der Waals surface area (Å²) >= 11 is 0.426. The van der Waals surface area contributed by atoms with Gasteiger partial charge < -0.3 is 14.8 Å². The summed E-state index contributed by atoms with van der Waals surface area (Å²) in [5.41, 5.74) is -1.13. The number of thioether (sulfide) groups is 1. The van der Waals surface area contributed by atoms with Gasteiger partial charge in [-0.05, 0) is 36.0 Å². The Kier molecular flexibility index (Phi) is 5.68. The number of rotatable bonds is 5. The number of amides is 3. The summed E-state index contributed by atoms with van der Waals surface area (Å²) in [5, 5.41) is 12.5. The van der Waals surface area contributed by atoms with Crippen molar-refractivity contribution in [3.63, 3.8) is 0 Å². The lowest BCUT2D eigenvalue weighted by Crippen LogP contribution is -2.36. The van der Waals surface area contributed by atoms with Crippen LogP contribution >= 0.6 is 11.8 Å². The molecule has 14 heteroatoms. The fraction of sp³-hybridized carbons (Fsp3) is 0.105. The van der Waals surface area contributed by atoms with Crippen LogP contribution in [0.2, 0.25) is 0 Å². The summed E-state index contributed by atoms with van der Waals surface area (Å²) < 4.78 is 50.3. The fourth-order valence-corrected chi connectivity index (χ4v) is 3.78. The van der Waals surface area contributed by atoms with Gasteiger partial charge in [-0.15, -0.1) is 0 Å². The predicted molar refractivity (Wildman–Crippen MR) is 107 cm³/mol. The van der Waals surface area contributed by atoms with Crippen LogP contribution in [0.1, 0.15) is 5.56 Å². The number of nitrogens with one attached hydrogen (secondary N) is 1. The number of hydrogen-bond donors (Lipinski definition) is 1. The summed E-state index contributed by atoms with van der Waals surface area (Å²) in [6.07, 6.45) is 1.10. The van der Waals surface area contributed by atoms with Crippen LogP contribution in [0, 0.1) is 27.6 Å². The van der Waals surface area contributed by atoms with Gasteiger partial charge in [-0.25, -0.2) is 13.2 Å². The summed E-state index contributed by atoms with van der Waals surface area (Å²) in [6, 6.07) is 3.75. The average molecular weight is 481 g/mol. The summed E-state index contributed by atoms with van der Waals surface area (Å²) in [5.74, 6) is -6.54. The molecular formula is C19H10F3N3O7S. The quantitative estimate of drug-likeness (QED) is 0.298. The third kappa shape index (κ3) is 4.19. The molecule has 0 spiro atoms. The molecule has 0 saturated carbocycles. The number of nitrogens with zero attached hydrogens (tertiary/aromatic N) is 2. The van der Waals surface area contributed by atoms with Crippen molar-refractivity contribution in [2.45, 2.75) is 0 Å². The minimum Gasteiger partial charge on any atom is -0.454 e. The lowest BCUT2D eigenvalue weighted by atomic mass is 10.1. The Morgan fingerprint density at radius 2 is 1.88 bits per heavy atom. The van der Waals surface area contributed by atoms with Crippen LogP contribution in [0.3, 0.4) is 0 Å². The molecule has 2 aliphatic heterocycles. The van der Waals surface area contributed by atoms with Crippen molar-refractivity contribution in [3.05, 3.63) is 62.3 Å². The van der Waals surface area contributed by atoms with Crippen LogP contribution in [-0.2, 0) is 9.59 Å². The Balaban J connectivity index is 1.54. The molecule has 170 valence electrons. The number of imide groups is 1. The Morgan fingerprint density at radius 3 is 2.58 bits per heavy atom. The van der Waals surface area contributed by atoms with Crippen LogP contribution in [0.25, 0.3) is 6.08 Å². The molecule has 4 rings (SSSR count). The zero-order valence-corrected chi connectivity index (χ0v) is 16.9. The number of anilines is 1. The highest BCUT2D eigenvalue weighted by Gasteiger charge is 2.37. The van der Waals surface area contributed by atoms with E-state index in [1.54, 1.807) is 0 Å². The molecule has 0 aromatic heterocycles. The van der Waals surface area contributed by atoms with Crippen LogP contribution in [0.4, 0.5) is 29.3 Å². The molecule has 0 aliphatic carbocycles. The molecule has 2 aromatic carbocycles. The molecule has 33 heavy (non-hydrogen) atoms. The van der Waals surface area contributed by atoms with Gasteiger partial charge in [0.05, 0.1) is 27.1 Å². The maximum absolute atomic E-state index is 13.7. The number of carbonyl (C=O) groups is 3. The fourth-order valence-electron chi connectivity index (χ4n) is 2.95.